The van der Waals surface area contributed by atoms with Gasteiger partial charge in [0.25, 0.3) is 0 Å². The number of ether oxygens (including phenoxy) is 1. The van der Waals surface area contributed by atoms with E-state index in [9.17, 15) is 0 Å². The fourth-order valence-corrected chi connectivity index (χ4v) is 3.53. The molecule has 1 aromatic carbocycles. The normalized spacial score (nSPS) is 15.0. The molecule has 4 heteroatoms. The van der Waals surface area contributed by atoms with Gasteiger partial charge in [-0.05, 0) is 44.0 Å². The van der Waals surface area contributed by atoms with Gasteiger partial charge in [-0.1, -0.05) is 18.9 Å². The van der Waals surface area contributed by atoms with Crippen LogP contribution in [0.4, 0.5) is 5.69 Å². The third-order valence-electron chi connectivity index (χ3n) is 4.67. The molecule has 0 unspecified atom stereocenters. The van der Waals surface area contributed by atoms with Gasteiger partial charge in [0.2, 0.25) is 0 Å². The van der Waals surface area contributed by atoms with E-state index in [-0.39, 0.29) is 0 Å². The monoisotopic (exact) mass is 321 g/mol. The molecule has 3 aromatic rings. The molecule has 4 nitrogen and oxygen atoms in total. The first-order valence-corrected chi connectivity index (χ1v) is 8.81. The summed E-state index contributed by atoms with van der Waals surface area (Å²) in [5, 5.41) is 4.87. The van der Waals surface area contributed by atoms with Crippen LogP contribution in [-0.4, -0.2) is 22.6 Å². The molecule has 4 rings (SSSR count). The van der Waals surface area contributed by atoms with E-state index < -0.39 is 0 Å². The van der Waals surface area contributed by atoms with Crippen molar-refractivity contribution >= 4 is 16.6 Å². The SMILES string of the molecule is CCOc1cc(NC2CCCC2)c2[nH]c(-c3ccccn3)cc2c1. The van der Waals surface area contributed by atoms with Crippen molar-refractivity contribution in [2.24, 2.45) is 0 Å². The molecular weight excluding hydrogens is 298 g/mol. The molecule has 2 heterocycles. The summed E-state index contributed by atoms with van der Waals surface area (Å²) >= 11 is 0. The summed E-state index contributed by atoms with van der Waals surface area (Å²) in [6, 6.07) is 12.9. The van der Waals surface area contributed by atoms with Crippen LogP contribution in [0.25, 0.3) is 22.3 Å². The number of aromatic nitrogens is 2. The lowest BCUT2D eigenvalue weighted by molar-refractivity contribution is 0.341. The summed E-state index contributed by atoms with van der Waals surface area (Å²) in [6.45, 7) is 2.69. The van der Waals surface area contributed by atoms with Crippen LogP contribution in [0.15, 0.2) is 42.6 Å². The first-order chi connectivity index (χ1) is 11.8. The Kier molecular flexibility index (Phi) is 4.11. The van der Waals surface area contributed by atoms with Crippen molar-refractivity contribution in [1.29, 1.82) is 0 Å². The van der Waals surface area contributed by atoms with Gasteiger partial charge in [-0.15, -0.1) is 0 Å². The number of fused-ring (bicyclic) bond motifs is 1. The summed E-state index contributed by atoms with van der Waals surface area (Å²) in [4.78, 5) is 8.00. The molecule has 0 amide bonds. The van der Waals surface area contributed by atoms with Crippen LogP contribution in [-0.2, 0) is 0 Å². The molecule has 2 aromatic heterocycles. The molecule has 1 aliphatic rings. The maximum absolute atomic E-state index is 5.76. The van der Waals surface area contributed by atoms with E-state index in [4.69, 9.17) is 4.74 Å². The van der Waals surface area contributed by atoms with Gasteiger partial charge in [0, 0.05) is 23.7 Å². The predicted molar refractivity (Wildman–Crippen MR) is 98.6 cm³/mol. The second kappa shape index (κ2) is 6.56. The van der Waals surface area contributed by atoms with Crippen molar-refractivity contribution in [3.05, 3.63) is 42.6 Å². The van der Waals surface area contributed by atoms with Gasteiger partial charge in [0.15, 0.2) is 0 Å². The highest BCUT2D eigenvalue weighted by Gasteiger charge is 2.17. The highest BCUT2D eigenvalue weighted by molar-refractivity contribution is 5.96. The van der Waals surface area contributed by atoms with Crippen molar-refractivity contribution in [3.8, 4) is 17.1 Å². The number of nitrogens with zero attached hydrogens (tertiary/aromatic N) is 1. The Morgan fingerprint density at radius 2 is 2.08 bits per heavy atom. The number of aromatic amines is 1. The molecule has 0 aliphatic heterocycles. The van der Waals surface area contributed by atoms with E-state index in [1.54, 1.807) is 0 Å². The zero-order valence-corrected chi connectivity index (χ0v) is 14.0. The largest absolute Gasteiger partial charge is 0.494 e. The van der Waals surface area contributed by atoms with Crippen molar-refractivity contribution in [3.63, 3.8) is 0 Å². The molecule has 0 spiro atoms. The van der Waals surface area contributed by atoms with Crippen molar-refractivity contribution in [2.75, 3.05) is 11.9 Å². The topological polar surface area (TPSA) is 49.9 Å². The van der Waals surface area contributed by atoms with Crippen molar-refractivity contribution in [1.82, 2.24) is 9.97 Å². The Balaban J connectivity index is 1.77. The zero-order chi connectivity index (χ0) is 16.4. The zero-order valence-electron chi connectivity index (χ0n) is 14.0. The summed E-state index contributed by atoms with van der Waals surface area (Å²) in [7, 11) is 0. The number of H-pyrrole nitrogens is 1. The van der Waals surface area contributed by atoms with E-state index in [0.29, 0.717) is 12.6 Å². The lowest BCUT2D eigenvalue weighted by Gasteiger charge is -2.15. The van der Waals surface area contributed by atoms with Crippen LogP contribution >= 0.6 is 0 Å². The quantitative estimate of drug-likeness (QED) is 0.696. The molecule has 0 bridgehead atoms. The van der Waals surface area contributed by atoms with Gasteiger partial charge in [-0.25, -0.2) is 0 Å². The predicted octanol–water partition coefficient (Wildman–Crippen LogP) is 4.98. The third kappa shape index (κ3) is 2.96. The third-order valence-corrected chi connectivity index (χ3v) is 4.67. The van der Waals surface area contributed by atoms with Gasteiger partial charge in [-0.3, -0.25) is 4.98 Å². The fourth-order valence-electron chi connectivity index (χ4n) is 3.53. The molecule has 1 aliphatic carbocycles. The molecule has 1 saturated carbocycles. The Morgan fingerprint density at radius 1 is 1.21 bits per heavy atom. The maximum atomic E-state index is 5.76. The van der Waals surface area contributed by atoms with E-state index in [0.717, 1.165) is 33.7 Å². The summed E-state index contributed by atoms with van der Waals surface area (Å²) < 4.78 is 5.76. The number of pyridine rings is 1. The second-order valence-corrected chi connectivity index (χ2v) is 6.39. The van der Waals surface area contributed by atoms with Crippen molar-refractivity contribution in [2.45, 2.75) is 38.6 Å². The number of nitrogens with one attached hydrogen (secondary N) is 2. The molecular formula is C20H23N3O. The first kappa shape index (κ1) is 15.1. The molecule has 0 saturated heterocycles. The van der Waals surface area contributed by atoms with Gasteiger partial charge in [-0.2, -0.15) is 0 Å². The smallest absolute Gasteiger partial charge is 0.122 e. The number of hydrogen-bond donors (Lipinski definition) is 2. The lowest BCUT2D eigenvalue weighted by Crippen LogP contribution is -2.14. The van der Waals surface area contributed by atoms with Gasteiger partial charge in [0.05, 0.1) is 29.2 Å². The Morgan fingerprint density at radius 3 is 2.83 bits per heavy atom. The first-order valence-electron chi connectivity index (χ1n) is 8.81. The molecule has 124 valence electrons. The molecule has 0 radical (unpaired) electrons. The Bertz CT molecular complexity index is 820. The van der Waals surface area contributed by atoms with Crippen LogP contribution in [0.5, 0.6) is 5.75 Å². The average molecular weight is 321 g/mol. The molecule has 1 fully saturated rings. The lowest BCUT2D eigenvalue weighted by atomic mass is 10.1. The second-order valence-electron chi connectivity index (χ2n) is 6.39. The average Bonchev–Trinajstić information content (AvgIpc) is 3.25. The standard InChI is InChI=1S/C20H23N3O/c1-2-24-16-11-14-12-18(17-9-5-6-10-21-17)23-20(14)19(13-16)22-15-7-3-4-8-15/h5-6,9-13,15,22-23H,2-4,7-8H2,1H3. The number of anilines is 1. The van der Waals surface area contributed by atoms with Crippen LogP contribution in [0, 0.1) is 0 Å². The van der Waals surface area contributed by atoms with E-state index in [1.807, 2.05) is 31.3 Å². The Labute approximate surface area is 142 Å². The summed E-state index contributed by atoms with van der Waals surface area (Å²) in [5.41, 5.74) is 4.25. The van der Waals surface area contributed by atoms with Crippen LogP contribution in [0.1, 0.15) is 32.6 Å². The maximum Gasteiger partial charge on any atom is 0.122 e. The van der Waals surface area contributed by atoms with Crippen LogP contribution in [0.2, 0.25) is 0 Å². The van der Waals surface area contributed by atoms with Crippen LogP contribution < -0.4 is 10.1 Å². The van der Waals surface area contributed by atoms with E-state index >= 15 is 0 Å². The Hall–Kier alpha value is -2.49. The van der Waals surface area contributed by atoms with E-state index in [1.165, 1.54) is 25.7 Å². The fraction of sp³-hybridized carbons (Fsp3) is 0.350. The summed E-state index contributed by atoms with van der Waals surface area (Å²) in [5.74, 6) is 0.914. The molecule has 0 atom stereocenters. The summed E-state index contributed by atoms with van der Waals surface area (Å²) in [6.07, 6.45) is 6.94. The number of benzene rings is 1. The molecule has 2 N–H and O–H groups in total. The van der Waals surface area contributed by atoms with Gasteiger partial charge >= 0.3 is 0 Å². The van der Waals surface area contributed by atoms with Crippen molar-refractivity contribution < 1.29 is 4.74 Å². The number of hydrogen-bond acceptors (Lipinski definition) is 3. The minimum atomic E-state index is 0.562. The minimum absolute atomic E-state index is 0.562. The highest BCUT2D eigenvalue weighted by Crippen LogP contribution is 2.34. The van der Waals surface area contributed by atoms with Gasteiger partial charge < -0.3 is 15.0 Å². The van der Waals surface area contributed by atoms with Gasteiger partial charge in [0.1, 0.15) is 5.75 Å². The minimum Gasteiger partial charge on any atom is -0.494 e. The highest BCUT2D eigenvalue weighted by atomic mass is 16.5. The van der Waals surface area contributed by atoms with Crippen LogP contribution in [0.3, 0.4) is 0 Å². The number of rotatable bonds is 5. The molecule has 24 heavy (non-hydrogen) atoms. The van der Waals surface area contributed by atoms with E-state index in [2.05, 4.69) is 33.5 Å².